The van der Waals surface area contributed by atoms with E-state index >= 15 is 0 Å². The van der Waals surface area contributed by atoms with Crippen molar-refractivity contribution in [3.63, 3.8) is 0 Å². The highest BCUT2D eigenvalue weighted by Crippen LogP contribution is 2.20. The van der Waals surface area contributed by atoms with Gasteiger partial charge in [-0.2, -0.15) is 0 Å². The van der Waals surface area contributed by atoms with Crippen LogP contribution in [0.5, 0.6) is 0 Å². The van der Waals surface area contributed by atoms with Crippen molar-refractivity contribution in [2.24, 2.45) is 5.92 Å². The number of hydrogen-bond acceptors (Lipinski definition) is 6. The summed E-state index contributed by atoms with van der Waals surface area (Å²) in [4.78, 5) is 47.1. The number of nitrogens with zero attached hydrogens (tertiary/aromatic N) is 1. The van der Waals surface area contributed by atoms with E-state index in [4.69, 9.17) is 4.74 Å². The fourth-order valence-corrected chi connectivity index (χ4v) is 4.95. The van der Waals surface area contributed by atoms with Gasteiger partial charge in [0.1, 0.15) is 18.7 Å². The fraction of sp³-hybridized carbons (Fsp3) is 0.333. The summed E-state index contributed by atoms with van der Waals surface area (Å²) in [7, 11) is 0. The van der Waals surface area contributed by atoms with Gasteiger partial charge in [-0.25, -0.2) is 9.78 Å². The molecule has 0 fully saturated rings. The van der Waals surface area contributed by atoms with Crippen LogP contribution in [0, 0.1) is 5.92 Å². The number of aromatic amines is 1. The summed E-state index contributed by atoms with van der Waals surface area (Å²) in [6, 6.07) is 20.3. The molecule has 0 aliphatic rings. The van der Waals surface area contributed by atoms with E-state index in [1.54, 1.807) is 6.20 Å². The molecule has 10 nitrogen and oxygen atoms in total. The molecule has 0 aliphatic carbocycles. The predicted molar refractivity (Wildman–Crippen MR) is 164 cm³/mol. The molecular formula is C33H39N5O5. The third kappa shape index (κ3) is 9.40. The Labute approximate surface area is 251 Å². The molecule has 3 amide bonds. The van der Waals surface area contributed by atoms with Gasteiger partial charge in [0.15, 0.2) is 0 Å². The van der Waals surface area contributed by atoms with E-state index in [0.717, 1.165) is 21.9 Å². The molecule has 4 aromatic rings. The van der Waals surface area contributed by atoms with Gasteiger partial charge in [0, 0.05) is 24.7 Å². The average molecular weight is 586 g/mol. The normalized spacial score (nSPS) is 13.2. The molecule has 226 valence electrons. The summed E-state index contributed by atoms with van der Waals surface area (Å²) >= 11 is 0. The molecule has 4 rings (SSSR count). The first-order valence-electron chi connectivity index (χ1n) is 14.4. The van der Waals surface area contributed by atoms with E-state index in [1.165, 1.54) is 6.33 Å². The molecular weight excluding hydrogens is 546 g/mol. The van der Waals surface area contributed by atoms with Gasteiger partial charge < -0.3 is 30.8 Å². The maximum Gasteiger partial charge on any atom is 0.408 e. The molecule has 1 aromatic heterocycles. The number of carbonyl (C=O) groups excluding carboxylic acids is 3. The molecule has 0 bridgehead atoms. The van der Waals surface area contributed by atoms with Gasteiger partial charge in [-0.15, -0.1) is 0 Å². The summed E-state index contributed by atoms with van der Waals surface area (Å²) < 4.78 is 5.43. The highest BCUT2D eigenvalue weighted by molar-refractivity contribution is 5.92. The number of alkyl carbamates (subject to hydrolysis) is 1. The monoisotopic (exact) mass is 585 g/mol. The summed E-state index contributed by atoms with van der Waals surface area (Å²) in [6.07, 6.45) is 3.20. The van der Waals surface area contributed by atoms with Crippen LogP contribution >= 0.6 is 0 Å². The van der Waals surface area contributed by atoms with Crippen LogP contribution in [0.15, 0.2) is 85.3 Å². The molecule has 0 saturated carbocycles. The fourth-order valence-electron chi connectivity index (χ4n) is 4.95. The predicted octanol–water partition coefficient (Wildman–Crippen LogP) is 3.65. The lowest BCUT2D eigenvalue weighted by Crippen LogP contribution is -2.56. The lowest BCUT2D eigenvalue weighted by atomic mass is 9.98. The molecule has 0 saturated heterocycles. The van der Waals surface area contributed by atoms with Crippen molar-refractivity contribution in [3.8, 4) is 0 Å². The number of aromatic nitrogens is 2. The summed E-state index contributed by atoms with van der Waals surface area (Å²) in [5.74, 6) is -0.749. The molecule has 10 heteroatoms. The first-order valence-corrected chi connectivity index (χ1v) is 14.4. The van der Waals surface area contributed by atoms with E-state index in [1.807, 2.05) is 86.6 Å². The van der Waals surface area contributed by atoms with Gasteiger partial charge >= 0.3 is 6.09 Å². The number of fused-ring (bicyclic) bond motifs is 1. The van der Waals surface area contributed by atoms with Crippen LogP contribution in [0.25, 0.3) is 10.8 Å². The van der Waals surface area contributed by atoms with E-state index < -0.39 is 36.0 Å². The maximum atomic E-state index is 13.8. The van der Waals surface area contributed by atoms with Crippen LogP contribution in [0.1, 0.15) is 37.1 Å². The van der Waals surface area contributed by atoms with Crippen molar-refractivity contribution in [2.75, 3.05) is 6.61 Å². The Morgan fingerprint density at radius 2 is 1.56 bits per heavy atom. The summed E-state index contributed by atoms with van der Waals surface area (Å²) in [5.41, 5.74) is 2.31. The van der Waals surface area contributed by atoms with Gasteiger partial charge in [-0.3, -0.25) is 9.59 Å². The quantitative estimate of drug-likeness (QED) is 0.153. The van der Waals surface area contributed by atoms with E-state index in [9.17, 15) is 19.5 Å². The average Bonchev–Trinajstić information content (AvgIpc) is 3.52. The zero-order valence-electron chi connectivity index (χ0n) is 24.5. The number of benzene rings is 3. The van der Waals surface area contributed by atoms with Gasteiger partial charge in [0.25, 0.3) is 0 Å². The molecule has 0 spiro atoms. The van der Waals surface area contributed by atoms with Crippen molar-refractivity contribution in [3.05, 3.63) is 102 Å². The lowest BCUT2D eigenvalue weighted by Gasteiger charge is -2.25. The number of imidazole rings is 1. The second-order valence-corrected chi connectivity index (χ2v) is 11.0. The Balaban J connectivity index is 1.55. The highest BCUT2D eigenvalue weighted by atomic mass is 16.5. The molecule has 43 heavy (non-hydrogen) atoms. The van der Waals surface area contributed by atoms with E-state index in [0.29, 0.717) is 12.1 Å². The molecule has 5 N–H and O–H groups in total. The van der Waals surface area contributed by atoms with Crippen molar-refractivity contribution in [1.82, 2.24) is 25.9 Å². The minimum absolute atomic E-state index is 0.0402. The standard InChI is InChI=1S/C33H39N5O5/c1-22(2)15-27(19-39)36-31(40)30(17-26-18-34-21-35-26)37-32(41)29(38-33(42)43-20-23-9-4-3-5-10-23)16-25-13-8-12-24-11-6-7-14-28(24)25/h3-14,18,21-22,27,29-30,39H,15-17,19-20H2,1-2H3,(H,34,35)(H,36,40)(H,37,41)(H,38,42)/t27-,29?,30?/m0/s1. The Hall–Kier alpha value is -4.70. The topological polar surface area (TPSA) is 145 Å². The van der Waals surface area contributed by atoms with Gasteiger partial charge in [0.2, 0.25) is 11.8 Å². The SMILES string of the molecule is CC(C)C[C@@H](CO)NC(=O)C(Cc1cnc[nH]1)NC(=O)C(Cc1cccc2ccccc12)NC(=O)OCc1ccccc1. The Morgan fingerprint density at radius 3 is 2.28 bits per heavy atom. The first-order chi connectivity index (χ1) is 20.8. The van der Waals surface area contributed by atoms with E-state index in [2.05, 4.69) is 25.9 Å². The number of nitrogens with one attached hydrogen (secondary N) is 4. The molecule has 2 unspecified atom stereocenters. The lowest BCUT2D eigenvalue weighted by molar-refractivity contribution is -0.130. The minimum Gasteiger partial charge on any atom is -0.445 e. The largest absolute Gasteiger partial charge is 0.445 e. The van der Waals surface area contributed by atoms with Crippen LogP contribution in [0.3, 0.4) is 0 Å². The molecule has 3 aromatic carbocycles. The number of aliphatic hydroxyl groups excluding tert-OH is 1. The van der Waals surface area contributed by atoms with Crippen LogP contribution in [-0.4, -0.2) is 57.7 Å². The van der Waals surface area contributed by atoms with E-state index in [-0.39, 0.29) is 32.0 Å². The number of carbonyl (C=O) groups is 3. The third-order valence-corrected chi connectivity index (χ3v) is 7.06. The number of aliphatic hydroxyl groups is 1. The third-order valence-electron chi connectivity index (χ3n) is 7.06. The second kappa shape index (κ2) is 15.5. The van der Waals surface area contributed by atoms with Crippen molar-refractivity contribution in [1.29, 1.82) is 0 Å². The van der Waals surface area contributed by atoms with Crippen LogP contribution < -0.4 is 16.0 Å². The van der Waals surface area contributed by atoms with Gasteiger partial charge in [0.05, 0.1) is 19.0 Å². The Morgan fingerprint density at radius 1 is 0.860 bits per heavy atom. The Bertz CT molecular complexity index is 1470. The van der Waals surface area contributed by atoms with Crippen molar-refractivity contribution >= 4 is 28.7 Å². The highest BCUT2D eigenvalue weighted by Gasteiger charge is 2.29. The number of ether oxygens (including phenoxy) is 1. The van der Waals surface area contributed by atoms with Crippen molar-refractivity contribution in [2.45, 2.75) is 57.8 Å². The molecule has 3 atom stereocenters. The van der Waals surface area contributed by atoms with Gasteiger partial charge in [-0.05, 0) is 34.2 Å². The van der Waals surface area contributed by atoms with Crippen LogP contribution in [0.2, 0.25) is 0 Å². The zero-order valence-corrected chi connectivity index (χ0v) is 24.5. The number of hydrogen-bond donors (Lipinski definition) is 5. The number of amides is 3. The maximum absolute atomic E-state index is 13.8. The number of H-pyrrole nitrogens is 1. The smallest absolute Gasteiger partial charge is 0.408 e. The molecule has 0 radical (unpaired) electrons. The number of rotatable bonds is 14. The minimum atomic E-state index is -1.05. The first kappa shape index (κ1) is 31.2. The Kier molecular flexibility index (Phi) is 11.3. The van der Waals surface area contributed by atoms with Crippen LogP contribution in [0.4, 0.5) is 4.79 Å². The molecule has 0 aliphatic heterocycles. The zero-order chi connectivity index (χ0) is 30.6. The van der Waals surface area contributed by atoms with Gasteiger partial charge in [-0.1, -0.05) is 86.6 Å². The summed E-state index contributed by atoms with van der Waals surface area (Å²) in [5, 5.41) is 20.2. The summed E-state index contributed by atoms with van der Waals surface area (Å²) in [6.45, 7) is 3.81. The second-order valence-electron chi connectivity index (χ2n) is 11.0. The van der Waals surface area contributed by atoms with Crippen LogP contribution in [-0.2, 0) is 33.8 Å². The van der Waals surface area contributed by atoms with Crippen molar-refractivity contribution < 1.29 is 24.2 Å². The molecule has 1 heterocycles.